The number of hydrogen-bond acceptors (Lipinski definition) is 5. The highest BCUT2D eigenvalue weighted by molar-refractivity contribution is 6.51. The van der Waals surface area contributed by atoms with Crippen molar-refractivity contribution in [2.75, 3.05) is 17.2 Å². The summed E-state index contributed by atoms with van der Waals surface area (Å²) in [5.41, 5.74) is 2.50. The molecule has 7 heteroatoms. The highest BCUT2D eigenvalue weighted by Gasteiger charge is 2.21. The maximum Gasteiger partial charge on any atom is 0.259 e. The standard InChI is InChI=1S/C40H49N3O4/c1-2-3-4-5-6-7-8-9-12-19-31(39(45)42-33-21-13-10-14-22-33)20-17-18-29-47-37-26-25-32(38(44)36-27-28-41-36)30-35(37)40(46)43-34-23-15-11-16-24-34/h10-11,13-16,21-28,30-31H,2-9,12,17-20,29H2,1H3,(H,42,45)(H,43,46). The highest BCUT2D eigenvalue weighted by atomic mass is 16.5. The number of para-hydroxylation sites is 2. The van der Waals surface area contributed by atoms with Gasteiger partial charge >= 0.3 is 0 Å². The summed E-state index contributed by atoms with van der Waals surface area (Å²) in [5.74, 6) is -0.178. The Morgan fingerprint density at radius 1 is 0.702 bits per heavy atom. The second-order valence-corrected chi connectivity index (χ2v) is 12.2. The van der Waals surface area contributed by atoms with Gasteiger partial charge in [0.25, 0.3) is 5.91 Å². The molecule has 1 unspecified atom stereocenters. The van der Waals surface area contributed by atoms with Crippen LogP contribution in [0, 0.1) is 5.92 Å². The van der Waals surface area contributed by atoms with Crippen molar-refractivity contribution in [1.29, 1.82) is 0 Å². The number of unbranched alkanes of at least 4 members (excludes halogenated alkanes) is 9. The number of allylic oxidation sites excluding steroid dienone is 1. The SMILES string of the molecule is CCCCCCCCCCCC(CCCCOc1ccc(C(=O)C2=NC=C2)cc1C(=O)Nc1ccccc1)C(=O)Nc1ccccc1. The number of benzene rings is 3. The van der Waals surface area contributed by atoms with Crippen LogP contribution >= 0.6 is 0 Å². The summed E-state index contributed by atoms with van der Waals surface area (Å²) in [7, 11) is 0. The molecule has 0 aliphatic carbocycles. The van der Waals surface area contributed by atoms with Crippen molar-refractivity contribution in [2.24, 2.45) is 10.9 Å². The lowest BCUT2D eigenvalue weighted by molar-refractivity contribution is -0.120. The summed E-state index contributed by atoms with van der Waals surface area (Å²) in [5, 5.41) is 6.00. The summed E-state index contributed by atoms with van der Waals surface area (Å²) in [6.45, 7) is 2.63. The van der Waals surface area contributed by atoms with Crippen molar-refractivity contribution in [3.8, 4) is 5.75 Å². The Balaban J connectivity index is 1.30. The number of rotatable bonds is 22. The third-order valence-corrected chi connectivity index (χ3v) is 8.47. The smallest absolute Gasteiger partial charge is 0.259 e. The van der Waals surface area contributed by atoms with Gasteiger partial charge in [0.1, 0.15) is 11.5 Å². The number of hydrogen-bond donors (Lipinski definition) is 2. The lowest BCUT2D eigenvalue weighted by Crippen LogP contribution is -2.23. The number of anilines is 2. The van der Waals surface area contributed by atoms with Crippen molar-refractivity contribution < 1.29 is 19.1 Å². The molecule has 1 aliphatic rings. The van der Waals surface area contributed by atoms with E-state index in [0.29, 0.717) is 29.3 Å². The van der Waals surface area contributed by atoms with Crippen LogP contribution < -0.4 is 15.4 Å². The summed E-state index contributed by atoms with van der Waals surface area (Å²) >= 11 is 0. The minimum Gasteiger partial charge on any atom is -0.493 e. The van der Waals surface area contributed by atoms with Crippen molar-refractivity contribution >= 4 is 34.7 Å². The minimum absolute atomic E-state index is 0.0688. The first-order chi connectivity index (χ1) is 23.0. The van der Waals surface area contributed by atoms with Crippen LogP contribution in [0.3, 0.4) is 0 Å². The van der Waals surface area contributed by atoms with Crippen LogP contribution in [0.4, 0.5) is 11.4 Å². The first-order valence-electron chi connectivity index (χ1n) is 17.3. The Labute approximate surface area is 279 Å². The third-order valence-electron chi connectivity index (χ3n) is 8.47. The molecule has 2 amide bonds. The molecule has 0 aromatic heterocycles. The van der Waals surface area contributed by atoms with Crippen molar-refractivity contribution in [3.63, 3.8) is 0 Å². The number of ether oxygens (including phenoxy) is 1. The number of nitrogens with zero attached hydrogens (tertiary/aromatic N) is 1. The molecule has 47 heavy (non-hydrogen) atoms. The first-order valence-corrected chi connectivity index (χ1v) is 17.3. The fourth-order valence-corrected chi connectivity index (χ4v) is 5.67. The fourth-order valence-electron chi connectivity index (χ4n) is 5.67. The first kappa shape index (κ1) is 35.3. The van der Waals surface area contributed by atoms with Gasteiger partial charge in [-0.25, -0.2) is 0 Å². The molecule has 3 aromatic carbocycles. The average Bonchev–Trinajstić information content (AvgIpc) is 3.06. The molecule has 1 atom stereocenters. The topological polar surface area (TPSA) is 96.9 Å². The third kappa shape index (κ3) is 12.0. The van der Waals surface area contributed by atoms with E-state index in [9.17, 15) is 14.4 Å². The lowest BCUT2D eigenvalue weighted by atomic mass is 9.94. The molecule has 0 saturated heterocycles. The van der Waals surface area contributed by atoms with E-state index in [1.807, 2.05) is 48.5 Å². The van der Waals surface area contributed by atoms with Crippen LogP contribution in [0.1, 0.15) is 111 Å². The van der Waals surface area contributed by atoms with Gasteiger partial charge in [-0.05, 0) is 74.2 Å². The normalized spacial score (nSPS) is 12.5. The molecule has 0 saturated carbocycles. The zero-order chi connectivity index (χ0) is 33.1. The van der Waals surface area contributed by atoms with Gasteiger partial charge in [-0.1, -0.05) is 101 Å². The summed E-state index contributed by atoms with van der Waals surface area (Å²) < 4.78 is 6.11. The van der Waals surface area contributed by atoms with Crippen molar-refractivity contribution in [3.05, 3.63) is 102 Å². The Morgan fingerprint density at radius 3 is 1.87 bits per heavy atom. The van der Waals surface area contributed by atoms with Crippen molar-refractivity contribution in [1.82, 2.24) is 0 Å². The van der Waals surface area contributed by atoms with Crippen molar-refractivity contribution in [2.45, 2.75) is 90.4 Å². The van der Waals surface area contributed by atoms with Gasteiger partial charge in [0.15, 0.2) is 0 Å². The lowest BCUT2D eigenvalue weighted by Gasteiger charge is -2.17. The van der Waals surface area contributed by atoms with Gasteiger partial charge in [0, 0.05) is 29.1 Å². The van der Waals surface area contributed by atoms with Gasteiger partial charge < -0.3 is 15.4 Å². The average molecular weight is 636 g/mol. The van der Waals surface area contributed by atoms with Crippen LogP contribution in [0.2, 0.25) is 0 Å². The van der Waals surface area contributed by atoms with Gasteiger partial charge in [0.05, 0.1) is 12.2 Å². The quantitative estimate of drug-likeness (QED) is 0.0848. The fraction of sp³-hybridized carbons (Fsp3) is 0.400. The Bertz CT molecular complexity index is 1480. The molecule has 7 nitrogen and oxygen atoms in total. The molecule has 0 bridgehead atoms. The van der Waals surface area contributed by atoms with E-state index in [1.165, 1.54) is 44.9 Å². The van der Waals surface area contributed by atoms with Gasteiger partial charge in [-0.2, -0.15) is 0 Å². The molecule has 0 spiro atoms. The van der Waals surface area contributed by atoms with E-state index in [2.05, 4.69) is 22.5 Å². The number of carbonyl (C=O) groups is 3. The number of Topliss-reactive ketones (excluding diaryl/α,β-unsaturated/α-hetero) is 1. The van der Waals surface area contributed by atoms with E-state index in [1.54, 1.807) is 42.6 Å². The molecule has 2 N–H and O–H groups in total. The molecule has 3 aromatic rings. The van der Waals surface area contributed by atoms with E-state index in [0.717, 1.165) is 44.2 Å². The predicted octanol–water partition coefficient (Wildman–Crippen LogP) is 9.81. The van der Waals surface area contributed by atoms with Crippen LogP contribution in [-0.4, -0.2) is 29.9 Å². The molecule has 0 fully saturated rings. The summed E-state index contributed by atoms with van der Waals surface area (Å²) in [6.07, 6.45) is 17.7. The van der Waals surface area contributed by atoms with E-state index < -0.39 is 0 Å². The zero-order valence-electron chi connectivity index (χ0n) is 27.7. The van der Waals surface area contributed by atoms with Crippen LogP contribution in [0.15, 0.2) is 96.1 Å². The number of amides is 2. The maximum absolute atomic E-state index is 13.3. The Morgan fingerprint density at radius 2 is 1.28 bits per heavy atom. The van der Waals surface area contributed by atoms with E-state index >= 15 is 0 Å². The predicted molar refractivity (Wildman–Crippen MR) is 191 cm³/mol. The van der Waals surface area contributed by atoms with Crippen LogP contribution in [-0.2, 0) is 4.79 Å². The summed E-state index contributed by atoms with van der Waals surface area (Å²) in [4.78, 5) is 43.4. The molecule has 1 aliphatic heterocycles. The maximum atomic E-state index is 13.3. The molecule has 0 radical (unpaired) electrons. The second kappa shape index (κ2) is 19.9. The Kier molecular flexibility index (Phi) is 14.9. The molecule has 1 heterocycles. The molecule has 248 valence electrons. The van der Waals surface area contributed by atoms with Crippen LogP contribution in [0.25, 0.3) is 0 Å². The minimum atomic E-state index is -0.356. The number of carbonyl (C=O) groups excluding carboxylic acids is 3. The van der Waals surface area contributed by atoms with Gasteiger partial charge in [-0.15, -0.1) is 0 Å². The monoisotopic (exact) mass is 635 g/mol. The van der Waals surface area contributed by atoms with Gasteiger partial charge in [0.2, 0.25) is 11.7 Å². The largest absolute Gasteiger partial charge is 0.493 e. The number of aliphatic imine (C=N–C) groups is 1. The van der Waals surface area contributed by atoms with E-state index in [-0.39, 0.29) is 29.1 Å². The number of ketones is 1. The Hall–Kier alpha value is -4.52. The zero-order valence-corrected chi connectivity index (χ0v) is 27.7. The van der Waals surface area contributed by atoms with Gasteiger partial charge in [-0.3, -0.25) is 19.4 Å². The number of nitrogens with one attached hydrogen (secondary N) is 2. The second-order valence-electron chi connectivity index (χ2n) is 12.2. The molecular formula is C40H49N3O4. The van der Waals surface area contributed by atoms with Crippen LogP contribution in [0.5, 0.6) is 5.75 Å². The van der Waals surface area contributed by atoms with E-state index in [4.69, 9.17) is 4.74 Å². The highest BCUT2D eigenvalue weighted by Crippen LogP contribution is 2.25. The molecular weight excluding hydrogens is 586 g/mol. The summed E-state index contributed by atoms with van der Waals surface area (Å²) in [6, 6.07) is 23.7. The molecule has 4 rings (SSSR count).